The Morgan fingerprint density at radius 1 is 0.444 bits per heavy atom. The molecule has 4 aromatic carbocycles. The molecular formula is C29H23N3O4. The number of rotatable bonds is 7. The molecule has 0 aromatic heterocycles. The van der Waals surface area contributed by atoms with Crippen LogP contribution in [0.25, 0.3) is 0 Å². The fourth-order valence-electron chi connectivity index (χ4n) is 3.51. The third-order valence-electron chi connectivity index (χ3n) is 5.31. The highest BCUT2D eigenvalue weighted by Crippen LogP contribution is 2.22. The summed E-state index contributed by atoms with van der Waals surface area (Å²) in [6.45, 7) is 1.45. The van der Waals surface area contributed by atoms with Crippen molar-refractivity contribution in [1.82, 2.24) is 0 Å². The second kappa shape index (κ2) is 10.9. The first kappa shape index (κ1) is 24.1. The predicted molar refractivity (Wildman–Crippen MR) is 140 cm³/mol. The Hall–Kier alpha value is -5.04. The molecular weight excluding hydrogens is 454 g/mol. The van der Waals surface area contributed by atoms with Gasteiger partial charge in [0.1, 0.15) is 0 Å². The van der Waals surface area contributed by atoms with Gasteiger partial charge in [-0.3, -0.25) is 19.2 Å². The topological polar surface area (TPSA) is 104 Å². The molecule has 0 aliphatic heterocycles. The van der Waals surface area contributed by atoms with Gasteiger partial charge in [-0.1, -0.05) is 48.5 Å². The molecule has 4 rings (SSSR count). The van der Waals surface area contributed by atoms with Gasteiger partial charge in [-0.15, -0.1) is 0 Å². The van der Waals surface area contributed by atoms with Gasteiger partial charge in [0.25, 0.3) is 17.7 Å². The lowest BCUT2D eigenvalue weighted by atomic mass is 10.1. The molecule has 0 bridgehead atoms. The summed E-state index contributed by atoms with van der Waals surface area (Å²) >= 11 is 0. The second-order valence-electron chi connectivity index (χ2n) is 8.03. The quantitative estimate of drug-likeness (QED) is 0.299. The second-order valence-corrected chi connectivity index (χ2v) is 8.03. The summed E-state index contributed by atoms with van der Waals surface area (Å²) in [5.41, 5.74) is 2.67. The van der Waals surface area contributed by atoms with Crippen LogP contribution in [0.3, 0.4) is 0 Å². The number of anilines is 3. The van der Waals surface area contributed by atoms with E-state index in [0.29, 0.717) is 33.8 Å². The summed E-state index contributed by atoms with van der Waals surface area (Å²) in [5.74, 6) is -1.31. The van der Waals surface area contributed by atoms with E-state index < -0.39 is 5.91 Å². The predicted octanol–water partition coefficient (Wildman–Crippen LogP) is 5.65. The molecule has 7 nitrogen and oxygen atoms in total. The minimum atomic E-state index is -0.471. The van der Waals surface area contributed by atoms with Crippen molar-refractivity contribution in [1.29, 1.82) is 0 Å². The van der Waals surface area contributed by atoms with Gasteiger partial charge in [-0.05, 0) is 61.5 Å². The van der Waals surface area contributed by atoms with Crippen molar-refractivity contribution in [2.45, 2.75) is 6.92 Å². The molecule has 36 heavy (non-hydrogen) atoms. The van der Waals surface area contributed by atoms with Crippen LogP contribution < -0.4 is 16.0 Å². The monoisotopic (exact) mass is 477 g/mol. The van der Waals surface area contributed by atoms with Gasteiger partial charge in [-0.2, -0.15) is 0 Å². The lowest BCUT2D eigenvalue weighted by molar-refractivity contribution is 0.101. The lowest BCUT2D eigenvalue weighted by Gasteiger charge is -2.13. The van der Waals surface area contributed by atoms with E-state index in [4.69, 9.17) is 0 Å². The molecule has 0 fully saturated rings. The first-order valence-electron chi connectivity index (χ1n) is 11.2. The van der Waals surface area contributed by atoms with Gasteiger partial charge in [0.15, 0.2) is 5.78 Å². The lowest BCUT2D eigenvalue weighted by Crippen LogP contribution is -2.17. The standard InChI is InChI=1S/C29H23N3O4/c1-19(33)22-13-8-14-24(15-22)30-29(36)23-16-25(31-27(34)20-9-4-2-5-10-20)18-26(17-23)32-28(35)21-11-6-3-7-12-21/h2-18H,1H3,(H,30,36)(H,31,34)(H,32,35). The van der Waals surface area contributed by atoms with Crippen LogP contribution in [0.2, 0.25) is 0 Å². The highest BCUT2D eigenvalue weighted by molar-refractivity contribution is 6.10. The van der Waals surface area contributed by atoms with Crippen molar-refractivity contribution in [2.75, 3.05) is 16.0 Å². The van der Waals surface area contributed by atoms with E-state index >= 15 is 0 Å². The third kappa shape index (κ3) is 6.09. The number of hydrogen-bond acceptors (Lipinski definition) is 4. The van der Waals surface area contributed by atoms with Gasteiger partial charge in [-0.25, -0.2) is 0 Å². The average molecular weight is 478 g/mol. The van der Waals surface area contributed by atoms with Crippen LogP contribution in [0.15, 0.2) is 103 Å². The van der Waals surface area contributed by atoms with Crippen molar-refractivity contribution in [3.63, 3.8) is 0 Å². The fourth-order valence-corrected chi connectivity index (χ4v) is 3.51. The maximum atomic E-state index is 13.1. The highest BCUT2D eigenvalue weighted by atomic mass is 16.2. The fraction of sp³-hybridized carbons (Fsp3) is 0.0345. The number of nitrogens with one attached hydrogen (secondary N) is 3. The van der Waals surface area contributed by atoms with Gasteiger partial charge >= 0.3 is 0 Å². The molecule has 178 valence electrons. The maximum Gasteiger partial charge on any atom is 0.255 e. The van der Waals surface area contributed by atoms with Crippen molar-refractivity contribution in [3.8, 4) is 0 Å². The summed E-state index contributed by atoms with van der Waals surface area (Å²) in [7, 11) is 0. The van der Waals surface area contributed by atoms with Crippen molar-refractivity contribution >= 4 is 40.6 Å². The smallest absolute Gasteiger partial charge is 0.255 e. The zero-order valence-corrected chi connectivity index (χ0v) is 19.4. The van der Waals surface area contributed by atoms with E-state index in [1.54, 1.807) is 91.0 Å². The molecule has 0 aliphatic rings. The summed E-state index contributed by atoms with van der Waals surface area (Å²) in [5, 5.41) is 8.32. The SMILES string of the molecule is CC(=O)c1cccc(NC(=O)c2cc(NC(=O)c3ccccc3)cc(NC(=O)c3ccccc3)c2)c1. The number of benzene rings is 4. The number of amides is 3. The van der Waals surface area contributed by atoms with Crippen LogP contribution in [-0.4, -0.2) is 23.5 Å². The van der Waals surface area contributed by atoms with Crippen LogP contribution in [0.1, 0.15) is 48.4 Å². The first-order valence-corrected chi connectivity index (χ1v) is 11.2. The molecule has 4 aromatic rings. The van der Waals surface area contributed by atoms with Gasteiger partial charge < -0.3 is 16.0 Å². The van der Waals surface area contributed by atoms with Crippen LogP contribution in [0.5, 0.6) is 0 Å². The molecule has 3 N–H and O–H groups in total. The molecule has 0 heterocycles. The van der Waals surface area contributed by atoms with Gasteiger partial charge in [0, 0.05) is 39.3 Å². The molecule has 0 atom stereocenters. The molecule has 0 radical (unpaired) electrons. The molecule has 3 amide bonds. The van der Waals surface area contributed by atoms with Crippen LogP contribution >= 0.6 is 0 Å². The minimum Gasteiger partial charge on any atom is -0.322 e. The Balaban J connectivity index is 1.63. The van der Waals surface area contributed by atoms with E-state index in [1.165, 1.54) is 19.1 Å². The zero-order chi connectivity index (χ0) is 25.5. The van der Waals surface area contributed by atoms with E-state index in [1.807, 2.05) is 0 Å². The van der Waals surface area contributed by atoms with E-state index in [2.05, 4.69) is 16.0 Å². The van der Waals surface area contributed by atoms with Crippen LogP contribution in [0.4, 0.5) is 17.1 Å². The minimum absolute atomic E-state index is 0.123. The highest BCUT2D eigenvalue weighted by Gasteiger charge is 2.14. The van der Waals surface area contributed by atoms with E-state index in [-0.39, 0.29) is 23.2 Å². The van der Waals surface area contributed by atoms with Gasteiger partial charge in [0.2, 0.25) is 0 Å². The van der Waals surface area contributed by atoms with Crippen molar-refractivity contribution in [2.24, 2.45) is 0 Å². The van der Waals surface area contributed by atoms with E-state index in [0.717, 1.165) is 0 Å². The number of hydrogen-bond donors (Lipinski definition) is 3. The first-order chi connectivity index (χ1) is 17.4. The average Bonchev–Trinajstić information content (AvgIpc) is 2.89. The van der Waals surface area contributed by atoms with E-state index in [9.17, 15) is 19.2 Å². The molecule has 0 saturated carbocycles. The Kier molecular flexibility index (Phi) is 7.31. The molecule has 0 aliphatic carbocycles. The molecule has 7 heteroatoms. The maximum absolute atomic E-state index is 13.1. The summed E-state index contributed by atoms with van der Waals surface area (Å²) in [6, 6.07) is 28.5. The van der Waals surface area contributed by atoms with Crippen molar-refractivity contribution in [3.05, 3.63) is 125 Å². The zero-order valence-electron chi connectivity index (χ0n) is 19.4. The number of ketones is 1. The van der Waals surface area contributed by atoms with Gasteiger partial charge in [0.05, 0.1) is 0 Å². The Morgan fingerprint density at radius 2 is 0.861 bits per heavy atom. The summed E-state index contributed by atoms with van der Waals surface area (Å²) in [6.07, 6.45) is 0. The van der Waals surface area contributed by atoms with Crippen LogP contribution in [0, 0.1) is 0 Å². The largest absolute Gasteiger partial charge is 0.322 e. The normalized spacial score (nSPS) is 10.2. The summed E-state index contributed by atoms with van der Waals surface area (Å²) < 4.78 is 0. The van der Waals surface area contributed by atoms with Crippen molar-refractivity contribution < 1.29 is 19.2 Å². The van der Waals surface area contributed by atoms with Crippen LogP contribution in [-0.2, 0) is 0 Å². The molecule has 0 spiro atoms. The Labute approximate surface area is 208 Å². The molecule has 0 unspecified atom stereocenters. The third-order valence-corrected chi connectivity index (χ3v) is 5.31. The number of carbonyl (C=O) groups excluding carboxylic acids is 4. The number of carbonyl (C=O) groups is 4. The molecule has 0 saturated heterocycles. The summed E-state index contributed by atoms with van der Waals surface area (Å²) in [4.78, 5) is 50.2. The Morgan fingerprint density at radius 3 is 1.36 bits per heavy atom. The number of Topliss-reactive ketones (excluding diaryl/α,β-unsaturated/α-hetero) is 1. The Bertz CT molecular complexity index is 1360.